The lowest BCUT2D eigenvalue weighted by atomic mass is 10.2. The van der Waals surface area contributed by atoms with Crippen LogP contribution in [0.5, 0.6) is 5.75 Å². The van der Waals surface area contributed by atoms with E-state index in [4.69, 9.17) is 4.74 Å². The zero-order valence-corrected chi connectivity index (χ0v) is 11.1. The van der Waals surface area contributed by atoms with Gasteiger partial charge in [0.25, 0.3) is 5.91 Å². The van der Waals surface area contributed by atoms with Crippen molar-refractivity contribution in [2.24, 2.45) is 0 Å². The number of carbonyl (C=O) groups excluding carboxylic acids is 1. The summed E-state index contributed by atoms with van der Waals surface area (Å²) in [7, 11) is 0. The molecule has 0 bridgehead atoms. The van der Waals surface area contributed by atoms with Crippen LogP contribution in [-0.4, -0.2) is 29.3 Å². The van der Waals surface area contributed by atoms with Gasteiger partial charge in [-0.2, -0.15) is 5.10 Å². The predicted octanol–water partition coefficient (Wildman–Crippen LogP) is 1.84. The average molecular weight is 259 g/mol. The summed E-state index contributed by atoms with van der Waals surface area (Å²) in [5.41, 5.74) is 2.48. The molecule has 0 saturated carbocycles. The van der Waals surface area contributed by atoms with Gasteiger partial charge in [0, 0.05) is 5.69 Å². The number of rotatable bonds is 5. The van der Waals surface area contributed by atoms with Gasteiger partial charge in [0.1, 0.15) is 12.4 Å². The molecule has 2 rings (SSSR count). The molecule has 0 atom stereocenters. The second-order valence-electron chi connectivity index (χ2n) is 4.33. The maximum Gasteiger partial charge on any atom is 0.254 e. The van der Waals surface area contributed by atoms with Gasteiger partial charge in [0.2, 0.25) is 0 Å². The van der Waals surface area contributed by atoms with Crippen molar-refractivity contribution in [3.8, 4) is 5.75 Å². The maximum absolute atomic E-state index is 11.8. The smallest absolute Gasteiger partial charge is 0.254 e. The van der Waals surface area contributed by atoms with Gasteiger partial charge in [-0.3, -0.25) is 9.89 Å². The number of hydrogen-bond donors (Lipinski definition) is 2. The number of amides is 1. The summed E-state index contributed by atoms with van der Waals surface area (Å²) in [5.74, 6) is 0.674. The zero-order chi connectivity index (χ0) is 13.7. The van der Waals surface area contributed by atoms with E-state index in [0.717, 1.165) is 17.0 Å². The number of benzene rings is 1. The summed E-state index contributed by atoms with van der Waals surface area (Å²) < 4.78 is 5.55. The van der Waals surface area contributed by atoms with Crippen LogP contribution in [0.25, 0.3) is 0 Å². The summed E-state index contributed by atoms with van der Waals surface area (Å²) in [6.07, 6.45) is 1.52. The Morgan fingerprint density at radius 1 is 1.42 bits per heavy atom. The largest absolute Gasteiger partial charge is 0.492 e. The fourth-order valence-electron chi connectivity index (χ4n) is 1.71. The van der Waals surface area contributed by atoms with E-state index in [0.29, 0.717) is 18.7 Å². The average Bonchev–Trinajstić information content (AvgIpc) is 2.81. The van der Waals surface area contributed by atoms with E-state index in [1.165, 1.54) is 6.20 Å². The van der Waals surface area contributed by atoms with Crippen LogP contribution < -0.4 is 10.1 Å². The highest BCUT2D eigenvalue weighted by atomic mass is 16.5. The first-order valence-corrected chi connectivity index (χ1v) is 6.14. The number of ether oxygens (including phenoxy) is 1. The lowest BCUT2D eigenvalue weighted by molar-refractivity contribution is 0.0946. The van der Waals surface area contributed by atoms with Gasteiger partial charge < -0.3 is 10.1 Å². The lowest BCUT2D eigenvalue weighted by Crippen LogP contribution is -2.28. The third-order valence-electron chi connectivity index (χ3n) is 2.72. The number of H-pyrrole nitrogens is 1. The third-order valence-corrected chi connectivity index (χ3v) is 2.72. The van der Waals surface area contributed by atoms with E-state index >= 15 is 0 Å². The minimum atomic E-state index is -0.140. The monoisotopic (exact) mass is 259 g/mol. The first-order valence-electron chi connectivity index (χ1n) is 6.14. The second kappa shape index (κ2) is 6.04. The molecule has 5 nitrogen and oxygen atoms in total. The zero-order valence-electron chi connectivity index (χ0n) is 11.1. The number of aryl methyl sites for hydroxylation is 2. The molecule has 0 aliphatic carbocycles. The minimum absolute atomic E-state index is 0.140. The summed E-state index contributed by atoms with van der Waals surface area (Å²) >= 11 is 0. The molecule has 0 radical (unpaired) electrons. The van der Waals surface area contributed by atoms with Crippen LogP contribution in [0.2, 0.25) is 0 Å². The molecule has 5 heteroatoms. The van der Waals surface area contributed by atoms with Gasteiger partial charge in [0.05, 0.1) is 18.3 Å². The van der Waals surface area contributed by atoms with E-state index in [-0.39, 0.29) is 5.91 Å². The van der Waals surface area contributed by atoms with Crippen LogP contribution in [0.1, 0.15) is 21.6 Å². The van der Waals surface area contributed by atoms with Crippen molar-refractivity contribution in [3.05, 3.63) is 47.3 Å². The Hall–Kier alpha value is -2.30. The molecule has 19 heavy (non-hydrogen) atoms. The Morgan fingerprint density at radius 3 is 2.95 bits per heavy atom. The molecule has 1 amide bonds. The summed E-state index contributed by atoms with van der Waals surface area (Å²) in [6, 6.07) is 7.81. The molecule has 0 spiro atoms. The SMILES string of the molecule is Cc1cccc(OCCNC(=O)c2cn[nH]c2C)c1. The van der Waals surface area contributed by atoms with E-state index in [2.05, 4.69) is 15.5 Å². The van der Waals surface area contributed by atoms with E-state index < -0.39 is 0 Å². The number of carbonyl (C=O) groups is 1. The van der Waals surface area contributed by atoms with Crippen LogP contribution in [0.3, 0.4) is 0 Å². The molecule has 2 aromatic rings. The van der Waals surface area contributed by atoms with Crippen LogP contribution >= 0.6 is 0 Å². The van der Waals surface area contributed by atoms with Crippen molar-refractivity contribution in [3.63, 3.8) is 0 Å². The van der Waals surface area contributed by atoms with Crippen LogP contribution in [0.4, 0.5) is 0 Å². The third kappa shape index (κ3) is 3.58. The maximum atomic E-state index is 11.8. The summed E-state index contributed by atoms with van der Waals surface area (Å²) in [5, 5.41) is 9.33. The van der Waals surface area contributed by atoms with Gasteiger partial charge in [-0.1, -0.05) is 12.1 Å². The fraction of sp³-hybridized carbons (Fsp3) is 0.286. The van der Waals surface area contributed by atoms with Crippen molar-refractivity contribution < 1.29 is 9.53 Å². The number of nitrogens with zero attached hydrogens (tertiary/aromatic N) is 1. The first kappa shape index (κ1) is 13.1. The normalized spacial score (nSPS) is 10.2. The Balaban J connectivity index is 1.75. The Kier molecular flexibility index (Phi) is 4.18. The molecule has 0 fully saturated rings. The molecular formula is C14H17N3O2. The standard InChI is InChI=1S/C14H17N3O2/c1-10-4-3-5-12(8-10)19-7-6-15-14(18)13-9-16-17-11(13)2/h3-5,8-9H,6-7H2,1-2H3,(H,15,18)(H,16,17). The Morgan fingerprint density at radius 2 is 2.26 bits per heavy atom. The van der Waals surface area contributed by atoms with Gasteiger partial charge in [0.15, 0.2) is 0 Å². The van der Waals surface area contributed by atoms with Crippen molar-refractivity contribution in [2.45, 2.75) is 13.8 Å². The highest BCUT2D eigenvalue weighted by Crippen LogP contribution is 2.11. The van der Waals surface area contributed by atoms with Gasteiger partial charge in [-0.25, -0.2) is 0 Å². The molecule has 100 valence electrons. The molecule has 0 aliphatic rings. The Labute approximate surface area is 112 Å². The molecule has 2 N–H and O–H groups in total. The molecule has 1 aromatic heterocycles. The quantitative estimate of drug-likeness (QED) is 0.805. The molecular weight excluding hydrogens is 242 g/mol. The van der Waals surface area contributed by atoms with Crippen LogP contribution in [0.15, 0.2) is 30.5 Å². The van der Waals surface area contributed by atoms with Crippen molar-refractivity contribution >= 4 is 5.91 Å². The molecule has 0 saturated heterocycles. The topological polar surface area (TPSA) is 67.0 Å². The van der Waals surface area contributed by atoms with E-state index in [1.807, 2.05) is 38.1 Å². The number of nitrogens with one attached hydrogen (secondary N) is 2. The van der Waals surface area contributed by atoms with Crippen molar-refractivity contribution in [1.29, 1.82) is 0 Å². The molecule has 1 aromatic carbocycles. The number of aromatic amines is 1. The predicted molar refractivity (Wildman–Crippen MR) is 72.3 cm³/mol. The van der Waals surface area contributed by atoms with Gasteiger partial charge >= 0.3 is 0 Å². The van der Waals surface area contributed by atoms with Gasteiger partial charge in [-0.15, -0.1) is 0 Å². The first-order chi connectivity index (χ1) is 9.16. The highest BCUT2D eigenvalue weighted by Gasteiger charge is 2.09. The summed E-state index contributed by atoms with van der Waals surface area (Å²) in [4.78, 5) is 11.8. The lowest BCUT2D eigenvalue weighted by Gasteiger charge is -2.08. The summed E-state index contributed by atoms with van der Waals surface area (Å²) in [6.45, 7) is 4.71. The van der Waals surface area contributed by atoms with Gasteiger partial charge in [-0.05, 0) is 31.5 Å². The van der Waals surface area contributed by atoms with Crippen molar-refractivity contribution in [1.82, 2.24) is 15.5 Å². The van der Waals surface area contributed by atoms with E-state index in [9.17, 15) is 4.79 Å². The van der Waals surface area contributed by atoms with Crippen molar-refractivity contribution in [2.75, 3.05) is 13.2 Å². The number of aromatic nitrogens is 2. The fourth-order valence-corrected chi connectivity index (χ4v) is 1.71. The second-order valence-corrected chi connectivity index (χ2v) is 4.33. The van der Waals surface area contributed by atoms with E-state index in [1.54, 1.807) is 0 Å². The highest BCUT2D eigenvalue weighted by molar-refractivity contribution is 5.94. The minimum Gasteiger partial charge on any atom is -0.492 e. The molecule has 1 heterocycles. The van der Waals surface area contributed by atoms with Crippen LogP contribution in [0, 0.1) is 13.8 Å². The number of hydrogen-bond acceptors (Lipinski definition) is 3. The Bertz CT molecular complexity index is 563. The van der Waals surface area contributed by atoms with Crippen LogP contribution in [-0.2, 0) is 0 Å². The molecule has 0 aliphatic heterocycles. The molecule has 0 unspecified atom stereocenters.